The molecule has 0 saturated heterocycles. The molecule has 1 heterocycles. The molecule has 4 rings (SSSR count). The quantitative estimate of drug-likeness (QED) is 0.539. The molecular formula is C21H19N3O3S. The van der Waals surface area contributed by atoms with Crippen molar-refractivity contribution in [2.45, 2.75) is 11.4 Å². The summed E-state index contributed by atoms with van der Waals surface area (Å²) >= 11 is 0. The Hall–Kier alpha value is -3.32. The van der Waals surface area contributed by atoms with E-state index in [1.807, 2.05) is 24.3 Å². The SMILES string of the molecule is COc1ccc(S(=O)(=O)Nc2ccn(Cc3cccc4ccccc34)n2)cc1. The van der Waals surface area contributed by atoms with Crippen molar-refractivity contribution in [1.29, 1.82) is 0 Å². The summed E-state index contributed by atoms with van der Waals surface area (Å²) in [5.74, 6) is 0.870. The van der Waals surface area contributed by atoms with Gasteiger partial charge in [-0.2, -0.15) is 5.10 Å². The van der Waals surface area contributed by atoms with Crippen LogP contribution >= 0.6 is 0 Å². The van der Waals surface area contributed by atoms with Gasteiger partial charge in [-0.25, -0.2) is 8.42 Å². The number of nitrogens with zero attached hydrogens (tertiary/aromatic N) is 2. The van der Waals surface area contributed by atoms with Crippen LogP contribution < -0.4 is 9.46 Å². The highest BCUT2D eigenvalue weighted by atomic mass is 32.2. The van der Waals surface area contributed by atoms with E-state index in [4.69, 9.17) is 4.74 Å². The fraction of sp³-hybridized carbons (Fsp3) is 0.0952. The van der Waals surface area contributed by atoms with E-state index in [-0.39, 0.29) is 10.7 Å². The Morgan fingerprint density at radius 1 is 0.964 bits per heavy atom. The molecule has 0 aliphatic carbocycles. The number of fused-ring (bicyclic) bond motifs is 1. The third kappa shape index (κ3) is 3.70. The number of benzene rings is 3. The maximum absolute atomic E-state index is 12.5. The first-order chi connectivity index (χ1) is 13.5. The second-order valence-corrected chi connectivity index (χ2v) is 8.00. The van der Waals surface area contributed by atoms with Gasteiger partial charge >= 0.3 is 0 Å². The molecule has 0 fully saturated rings. The zero-order valence-electron chi connectivity index (χ0n) is 15.2. The Bertz CT molecular complexity index is 1210. The van der Waals surface area contributed by atoms with Gasteiger partial charge < -0.3 is 4.74 Å². The first-order valence-corrected chi connectivity index (χ1v) is 10.2. The van der Waals surface area contributed by atoms with Crippen molar-refractivity contribution in [2.24, 2.45) is 0 Å². The first kappa shape index (κ1) is 18.1. The maximum atomic E-state index is 12.5. The van der Waals surface area contributed by atoms with Gasteiger partial charge in [0.05, 0.1) is 18.6 Å². The largest absolute Gasteiger partial charge is 0.497 e. The lowest BCUT2D eigenvalue weighted by Gasteiger charge is -2.08. The molecule has 0 aliphatic heterocycles. The minimum absolute atomic E-state index is 0.150. The number of nitrogens with one attached hydrogen (secondary N) is 1. The Morgan fingerprint density at radius 3 is 2.50 bits per heavy atom. The Balaban J connectivity index is 1.54. The van der Waals surface area contributed by atoms with E-state index < -0.39 is 10.0 Å². The van der Waals surface area contributed by atoms with E-state index in [0.29, 0.717) is 12.3 Å². The minimum Gasteiger partial charge on any atom is -0.497 e. The first-order valence-electron chi connectivity index (χ1n) is 8.72. The highest BCUT2D eigenvalue weighted by Gasteiger charge is 2.15. The van der Waals surface area contributed by atoms with Gasteiger partial charge in [0.15, 0.2) is 5.82 Å². The van der Waals surface area contributed by atoms with E-state index in [1.165, 1.54) is 19.2 Å². The van der Waals surface area contributed by atoms with Crippen molar-refractivity contribution in [3.63, 3.8) is 0 Å². The predicted octanol–water partition coefficient (Wildman–Crippen LogP) is 3.89. The molecule has 0 aliphatic rings. The number of aromatic nitrogens is 2. The molecule has 28 heavy (non-hydrogen) atoms. The van der Waals surface area contributed by atoms with Crippen molar-refractivity contribution in [2.75, 3.05) is 11.8 Å². The lowest BCUT2D eigenvalue weighted by Crippen LogP contribution is -2.13. The molecule has 3 aromatic carbocycles. The summed E-state index contributed by atoms with van der Waals surface area (Å²) in [5, 5.41) is 6.67. The monoisotopic (exact) mass is 393 g/mol. The van der Waals surface area contributed by atoms with Gasteiger partial charge in [-0.3, -0.25) is 9.40 Å². The van der Waals surface area contributed by atoms with Crippen molar-refractivity contribution in [3.8, 4) is 5.75 Å². The van der Waals surface area contributed by atoms with Crippen molar-refractivity contribution < 1.29 is 13.2 Å². The van der Waals surface area contributed by atoms with Crippen LogP contribution in [0.2, 0.25) is 0 Å². The number of ether oxygens (including phenoxy) is 1. The van der Waals surface area contributed by atoms with E-state index in [1.54, 1.807) is 29.1 Å². The van der Waals surface area contributed by atoms with Crippen molar-refractivity contribution >= 4 is 26.6 Å². The standard InChI is InChI=1S/C21H19N3O3S/c1-27-18-9-11-19(12-10-18)28(25,26)23-21-13-14-24(22-21)15-17-7-4-6-16-5-2-3-8-20(16)17/h2-14H,15H2,1H3,(H,22,23). The molecule has 1 aromatic heterocycles. The zero-order chi connectivity index (χ0) is 19.6. The van der Waals surface area contributed by atoms with Crippen LogP contribution in [0.4, 0.5) is 5.82 Å². The molecule has 142 valence electrons. The maximum Gasteiger partial charge on any atom is 0.263 e. The smallest absolute Gasteiger partial charge is 0.263 e. The summed E-state index contributed by atoms with van der Waals surface area (Å²) in [6.07, 6.45) is 1.76. The fourth-order valence-electron chi connectivity index (χ4n) is 3.06. The Morgan fingerprint density at radius 2 is 1.71 bits per heavy atom. The van der Waals surface area contributed by atoms with Crippen LogP contribution in [-0.4, -0.2) is 25.3 Å². The highest BCUT2D eigenvalue weighted by molar-refractivity contribution is 7.92. The topological polar surface area (TPSA) is 73.2 Å². The number of rotatable bonds is 6. The van der Waals surface area contributed by atoms with Gasteiger partial charge in [0, 0.05) is 12.3 Å². The molecule has 7 heteroatoms. The lowest BCUT2D eigenvalue weighted by atomic mass is 10.0. The minimum atomic E-state index is -3.71. The Kier molecular flexibility index (Phi) is 4.75. The Labute approximate surface area is 163 Å². The molecule has 0 radical (unpaired) electrons. The highest BCUT2D eigenvalue weighted by Crippen LogP contribution is 2.21. The van der Waals surface area contributed by atoms with Crippen LogP contribution in [0.3, 0.4) is 0 Å². The summed E-state index contributed by atoms with van der Waals surface area (Å²) in [6.45, 7) is 0.547. The van der Waals surface area contributed by atoms with Crippen LogP contribution in [0.25, 0.3) is 10.8 Å². The van der Waals surface area contributed by atoms with Gasteiger partial charge in [-0.1, -0.05) is 42.5 Å². The summed E-state index contributed by atoms with van der Waals surface area (Å²) < 4.78 is 34.4. The molecule has 6 nitrogen and oxygen atoms in total. The molecule has 0 atom stereocenters. The number of hydrogen-bond acceptors (Lipinski definition) is 4. The summed E-state index contributed by atoms with van der Waals surface area (Å²) in [7, 11) is -2.18. The van der Waals surface area contributed by atoms with Crippen molar-refractivity contribution in [3.05, 3.63) is 84.6 Å². The molecule has 0 spiro atoms. The molecule has 0 bridgehead atoms. The average Bonchev–Trinajstić information content (AvgIpc) is 3.14. The summed E-state index contributed by atoms with van der Waals surface area (Å²) in [5.41, 5.74) is 1.12. The normalized spacial score (nSPS) is 11.5. The predicted molar refractivity (Wildman–Crippen MR) is 109 cm³/mol. The van der Waals surface area contributed by atoms with Crippen LogP contribution in [0, 0.1) is 0 Å². The molecule has 1 N–H and O–H groups in total. The summed E-state index contributed by atoms with van der Waals surface area (Å²) in [6, 6.07) is 22.1. The van der Waals surface area contributed by atoms with Gasteiger partial charge in [0.1, 0.15) is 5.75 Å². The molecule has 0 amide bonds. The third-order valence-corrected chi connectivity index (χ3v) is 5.83. The average molecular weight is 393 g/mol. The van der Waals surface area contributed by atoms with Crippen LogP contribution in [-0.2, 0) is 16.6 Å². The molecular weight excluding hydrogens is 374 g/mol. The fourth-order valence-corrected chi connectivity index (χ4v) is 4.06. The molecule has 4 aromatic rings. The van der Waals surface area contributed by atoms with Gasteiger partial charge in [-0.05, 0) is 40.6 Å². The molecule has 0 unspecified atom stereocenters. The second kappa shape index (κ2) is 7.36. The number of hydrogen-bond donors (Lipinski definition) is 1. The number of sulfonamides is 1. The zero-order valence-corrected chi connectivity index (χ0v) is 16.1. The van der Waals surface area contributed by atoms with Crippen LogP contribution in [0.5, 0.6) is 5.75 Å². The second-order valence-electron chi connectivity index (χ2n) is 6.32. The van der Waals surface area contributed by atoms with E-state index in [0.717, 1.165) is 16.3 Å². The van der Waals surface area contributed by atoms with E-state index in [9.17, 15) is 8.42 Å². The summed E-state index contributed by atoms with van der Waals surface area (Å²) in [4.78, 5) is 0.150. The van der Waals surface area contributed by atoms with Gasteiger partial charge in [0.2, 0.25) is 0 Å². The lowest BCUT2D eigenvalue weighted by molar-refractivity contribution is 0.414. The van der Waals surface area contributed by atoms with E-state index in [2.05, 4.69) is 28.0 Å². The van der Waals surface area contributed by atoms with Crippen LogP contribution in [0.15, 0.2) is 83.9 Å². The van der Waals surface area contributed by atoms with Crippen molar-refractivity contribution in [1.82, 2.24) is 9.78 Å². The number of methoxy groups -OCH3 is 1. The van der Waals surface area contributed by atoms with E-state index >= 15 is 0 Å². The van der Waals surface area contributed by atoms with Crippen LogP contribution in [0.1, 0.15) is 5.56 Å². The molecule has 0 saturated carbocycles. The number of anilines is 1. The third-order valence-electron chi connectivity index (χ3n) is 4.46. The van der Waals surface area contributed by atoms with Gasteiger partial charge in [-0.15, -0.1) is 0 Å². The van der Waals surface area contributed by atoms with Gasteiger partial charge in [0.25, 0.3) is 10.0 Å².